The first-order chi connectivity index (χ1) is 9.15. The average molecular weight is 259 g/mol. The van der Waals surface area contributed by atoms with Crippen molar-refractivity contribution in [3.05, 3.63) is 42.0 Å². The highest BCUT2D eigenvalue weighted by molar-refractivity contribution is 5.80. The number of rotatable bonds is 6. The number of benzene rings is 1. The molecule has 0 unspecified atom stereocenters. The molecule has 0 bridgehead atoms. The topological polar surface area (TPSA) is 57.0 Å². The van der Waals surface area contributed by atoms with Crippen LogP contribution in [0.15, 0.2) is 30.6 Å². The zero-order chi connectivity index (χ0) is 13.7. The number of aryl methyl sites for hydroxylation is 2. The summed E-state index contributed by atoms with van der Waals surface area (Å²) in [6.45, 7) is 2.40. The van der Waals surface area contributed by atoms with Crippen LogP contribution in [-0.2, 0) is 18.3 Å². The monoisotopic (exact) mass is 259 g/mol. The average Bonchev–Trinajstić information content (AvgIpc) is 2.75. The van der Waals surface area contributed by atoms with E-state index < -0.39 is 0 Å². The molecule has 0 saturated carbocycles. The van der Waals surface area contributed by atoms with Crippen LogP contribution in [0.5, 0.6) is 5.75 Å². The van der Waals surface area contributed by atoms with Crippen molar-refractivity contribution in [2.24, 2.45) is 7.05 Å². The van der Waals surface area contributed by atoms with Gasteiger partial charge >= 0.3 is 0 Å². The fourth-order valence-electron chi connectivity index (χ4n) is 1.73. The molecule has 1 heterocycles. The smallest absolute Gasteiger partial charge is 0.143 e. The number of carbonyl (C=O) groups is 1. The largest absolute Gasteiger partial charge is 0.493 e. The van der Waals surface area contributed by atoms with Gasteiger partial charge in [-0.05, 0) is 24.6 Å². The van der Waals surface area contributed by atoms with Crippen LogP contribution >= 0.6 is 0 Å². The Labute approximate surface area is 112 Å². The number of nitrogens with zero attached hydrogens (tertiary/aromatic N) is 3. The lowest BCUT2D eigenvalue weighted by atomic mass is 10.2. The number of aromatic nitrogens is 3. The van der Waals surface area contributed by atoms with Crippen LogP contribution in [0.2, 0.25) is 0 Å². The molecule has 0 aliphatic rings. The first-order valence-electron chi connectivity index (χ1n) is 6.19. The fourth-order valence-corrected chi connectivity index (χ4v) is 1.73. The molecule has 1 aromatic heterocycles. The Balaban J connectivity index is 1.77. The number of hydrogen-bond acceptors (Lipinski definition) is 4. The Bertz CT molecular complexity index is 563. The highest BCUT2D eigenvalue weighted by Crippen LogP contribution is 2.12. The van der Waals surface area contributed by atoms with Gasteiger partial charge in [0.25, 0.3) is 0 Å². The maximum atomic E-state index is 11.8. The molecule has 5 heteroatoms. The fraction of sp³-hybridized carbons (Fsp3) is 0.357. The second-order valence-electron chi connectivity index (χ2n) is 4.43. The minimum atomic E-state index is 0.101. The predicted octanol–water partition coefficient (Wildman–Crippen LogP) is 1.70. The molecular weight excluding hydrogens is 242 g/mol. The molecule has 0 aliphatic heterocycles. The first kappa shape index (κ1) is 13.3. The van der Waals surface area contributed by atoms with Gasteiger partial charge in [0, 0.05) is 13.5 Å². The zero-order valence-corrected chi connectivity index (χ0v) is 11.2. The van der Waals surface area contributed by atoms with Crippen molar-refractivity contribution in [1.29, 1.82) is 0 Å². The molecule has 0 radical (unpaired) electrons. The predicted molar refractivity (Wildman–Crippen MR) is 71.0 cm³/mol. The molecule has 100 valence electrons. The van der Waals surface area contributed by atoms with Gasteiger partial charge in [0.15, 0.2) is 0 Å². The Morgan fingerprint density at radius 1 is 1.42 bits per heavy atom. The maximum Gasteiger partial charge on any atom is 0.143 e. The molecule has 0 aliphatic carbocycles. The summed E-state index contributed by atoms with van der Waals surface area (Å²) >= 11 is 0. The molecule has 2 rings (SSSR count). The second-order valence-corrected chi connectivity index (χ2v) is 4.43. The minimum absolute atomic E-state index is 0.101. The lowest BCUT2D eigenvalue weighted by Gasteiger charge is -2.06. The van der Waals surface area contributed by atoms with Crippen LogP contribution in [0.4, 0.5) is 0 Å². The molecule has 0 spiro atoms. The summed E-state index contributed by atoms with van der Waals surface area (Å²) in [5.74, 6) is 1.58. The van der Waals surface area contributed by atoms with Crippen LogP contribution in [0.1, 0.15) is 17.8 Å². The molecule has 0 N–H and O–H groups in total. The summed E-state index contributed by atoms with van der Waals surface area (Å²) in [4.78, 5) is 15.8. The highest BCUT2D eigenvalue weighted by atomic mass is 16.5. The van der Waals surface area contributed by atoms with Gasteiger partial charge in [-0.2, -0.15) is 5.10 Å². The molecule has 0 amide bonds. The van der Waals surface area contributed by atoms with Crippen LogP contribution < -0.4 is 4.74 Å². The Morgan fingerprint density at radius 2 is 2.26 bits per heavy atom. The van der Waals surface area contributed by atoms with Crippen molar-refractivity contribution in [3.8, 4) is 5.75 Å². The van der Waals surface area contributed by atoms with E-state index in [0.717, 1.165) is 11.3 Å². The third-order valence-corrected chi connectivity index (χ3v) is 2.80. The molecule has 0 atom stereocenters. The summed E-state index contributed by atoms with van der Waals surface area (Å²) in [5.41, 5.74) is 1.14. The van der Waals surface area contributed by atoms with E-state index in [1.54, 1.807) is 11.7 Å². The summed E-state index contributed by atoms with van der Waals surface area (Å²) in [6, 6.07) is 7.78. The van der Waals surface area contributed by atoms with Crippen molar-refractivity contribution in [2.45, 2.75) is 19.8 Å². The van der Waals surface area contributed by atoms with E-state index in [0.29, 0.717) is 25.3 Å². The molecule has 19 heavy (non-hydrogen) atoms. The van der Waals surface area contributed by atoms with E-state index in [-0.39, 0.29) is 5.78 Å². The SMILES string of the molecule is Cc1cccc(OCCC(=O)Cc2ncnn2C)c1. The molecule has 2 aromatic rings. The molecule has 1 aromatic carbocycles. The van der Waals surface area contributed by atoms with Crippen LogP contribution in [0, 0.1) is 6.92 Å². The van der Waals surface area contributed by atoms with Crippen molar-refractivity contribution in [3.63, 3.8) is 0 Å². The Hall–Kier alpha value is -2.17. The molecule has 5 nitrogen and oxygen atoms in total. The van der Waals surface area contributed by atoms with Crippen molar-refractivity contribution in [1.82, 2.24) is 14.8 Å². The minimum Gasteiger partial charge on any atom is -0.493 e. The molecule has 0 saturated heterocycles. The highest BCUT2D eigenvalue weighted by Gasteiger charge is 2.08. The Kier molecular flexibility index (Phi) is 4.28. The summed E-state index contributed by atoms with van der Waals surface area (Å²) < 4.78 is 7.15. The Morgan fingerprint density at radius 3 is 2.95 bits per heavy atom. The lowest BCUT2D eigenvalue weighted by Crippen LogP contribution is -2.12. The number of Topliss-reactive ketones (excluding diaryl/α,β-unsaturated/α-hetero) is 1. The number of hydrogen-bond donors (Lipinski definition) is 0. The normalized spacial score (nSPS) is 10.4. The van der Waals surface area contributed by atoms with Gasteiger partial charge in [-0.1, -0.05) is 12.1 Å². The van der Waals surface area contributed by atoms with Gasteiger partial charge < -0.3 is 4.74 Å². The van der Waals surface area contributed by atoms with E-state index in [2.05, 4.69) is 10.1 Å². The van der Waals surface area contributed by atoms with Gasteiger partial charge in [0.1, 0.15) is 23.7 Å². The summed E-state index contributed by atoms with van der Waals surface area (Å²) in [6.07, 6.45) is 2.13. The van der Waals surface area contributed by atoms with Crippen molar-refractivity contribution < 1.29 is 9.53 Å². The molecule has 0 fully saturated rings. The number of carbonyl (C=O) groups excluding carboxylic acids is 1. The summed E-state index contributed by atoms with van der Waals surface area (Å²) in [7, 11) is 1.78. The molecular formula is C14H17N3O2. The van der Waals surface area contributed by atoms with E-state index in [9.17, 15) is 4.79 Å². The van der Waals surface area contributed by atoms with Crippen molar-refractivity contribution in [2.75, 3.05) is 6.61 Å². The second kappa shape index (κ2) is 6.13. The van der Waals surface area contributed by atoms with Crippen LogP contribution in [-0.4, -0.2) is 27.2 Å². The van der Waals surface area contributed by atoms with E-state index in [4.69, 9.17) is 4.74 Å². The first-order valence-corrected chi connectivity index (χ1v) is 6.19. The maximum absolute atomic E-state index is 11.8. The third-order valence-electron chi connectivity index (χ3n) is 2.80. The van der Waals surface area contributed by atoms with Crippen molar-refractivity contribution >= 4 is 5.78 Å². The third kappa shape index (κ3) is 3.91. The summed E-state index contributed by atoms with van der Waals surface area (Å²) in [5, 5.41) is 3.93. The number of ether oxygens (including phenoxy) is 1. The standard InChI is InChI=1S/C14H17N3O2/c1-11-4-3-5-13(8-11)19-7-6-12(18)9-14-15-10-16-17(14)2/h3-5,8,10H,6-7,9H2,1-2H3. The van der Waals surface area contributed by atoms with Gasteiger partial charge in [0.2, 0.25) is 0 Å². The van der Waals surface area contributed by atoms with Crippen LogP contribution in [0.25, 0.3) is 0 Å². The van der Waals surface area contributed by atoms with Gasteiger partial charge in [-0.15, -0.1) is 0 Å². The van der Waals surface area contributed by atoms with E-state index in [1.807, 2.05) is 31.2 Å². The lowest BCUT2D eigenvalue weighted by molar-refractivity contribution is -0.119. The quantitative estimate of drug-likeness (QED) is 0.792. The number of ketones is 1. The van der Waals surface area contributed by atoms with E-state index in [1.165, 1.54) is 6.33 Å². The van der Waals surface area contributed by atoms with E-state index >= 15 is 0 Å². The van der Waals surface area contributed by atoms with Gasteiger partial charge in [0.05, 0.1) is 13.0 Å². The van der Waals surface area contributed by atoms with Gasteiger partial charge in [-0.3, -0.25) is 9.48 Å². The van der Waals surface area contributed by atoms with Crippen LogP contribution in [0.3, 0.4) is 0 Å². The van der Waals surface area contributed by atoms with Gasteiger partial charge in [-0.25, -0.2) is 4.98 Å². The zero-order valence-electron chi connectivity index (χ0n) is 11.2.